The van der Waals surface area contributed by atoms with Gasteiger partial charge in [0, 0.05) is 39.8 Å². The van der Waals surface area contributed by atoms with Gasteiger partial charge in [0.1, 0.15) is 0 Å². The lowest BCUT2D eigenvalue weighted by atomic mass is 9.89. The highest BCUT2D eigenvalue weighted by molar-refractivity contribution is 6.10. The predicted molar refractivity (Wildman–Crippen MR) is 206 cm³/mol. The van der Waals surface area contributed by atoms with Gasteiger partial charge in [-0.25, -0.2) is 9.97 Å². The van der Waals surface area contributed by atoms with E-state index in [-0.39, 0.29) is 12.0 Å². The van der Waals surface area contributed by atoms with Crippen molar-refractivity contribution in [2.75, 3.05) is 4.90 Å². The summed E-state index contributed by atoms with van der Waals surface area (Å²) < 4.78 is 2.37. The van der Waals surface area contributed by atoms with Crippen LogP contribution in [0.3, 0.4) is 0 Å². The molecule has 0 spiro atoms. The molecule has 0 amide bonds. The molecule has 8 aromatic rings. The van der Waals surface area contributed by atoms with Crippen LogP contribution >= 0.6 is 0 Å². The maximum absolute atomic E-state index is 5.14. The molecule has 0 bridgehead atoms. The summed E-state index contributed by atoms with van der Waals surface area (Å²) in [5.41, 5.74) is 12.8. The monoisotopic (exact) mass is 640 g/mol. The number of nitrogens with zero attached hydrogens (tertiary/aromatic N) is 4. The molecule has 6 aromatic carbocycles. The molecule has 50 heavy (non-hydrogen) atoms. The van der Waals surface area contributed by atoms with E-state index in [1.54, 1.807) is 0 Å². The first-order chi connectivity index (χ1) is 24.8. The lowest BCUT2D eigenvalue weighted by Gasteiger charge is -2.26. The van der Waals surface area contributed by atoms with E-state index < -0.39 is 0 Å². The van der Waals surface area contributed by atoms with E-state index in [4.69, 9.17) is 9.97 Å². The van der Waals surface area contributed by atoms with Gasteiger partial charge < -0.3 is 9.47 Å². The molecule has 2 aromatic heterocycles. The molecule has 236 valence electrons. The molecular formula is C46H32N4. The molecule has 1 aliphatic carbocycles. The van der Waals surface area contributed by atoms with E-state index >= 15 is 0 Å². The Balaban J connectivity index is 1.03. The SMILES string of the molecule is C1=CC2c3cc(-c4ccc5c(c4)c4ccccc4n5-c4ccccc4)ccc3N(c3nccc(-c4ccc(-c5ccccc5)cc4)n3)C2C=C1. The highest BCUT2D eigenvalue weighted by Gasteiger charge is 2.39. The van der Waals surface area contributed by atoms with Crippen molar-refractivity contribution in [3.63, 3.8) is 0 Å². The third-order valence-electron chi connectivity index (χ3n) is 10.2. The third-order valence-corrected chi connectivity index (χ3v) is 10.2. The second-order valence-electron chi connectivity index (χ2n) is 13.0. The fourth-order valence-electron chi connectivity index (χ4n) is 7.85. The van der Waals surface area contributed by atoms with Crippen LogP contribution in [0.25, 0.3) is 61.0 Å². The smallest absolute Gasteiger partial charge is 0.231 e. The average molecular weight is 641 g/mol. The Morgan fingerprint density at radius 3 is 2.02 bits per heavy atom. The Kier molecular flexibility index (Phi) is 6.59. The van der Waals surface area contributed by atoms with Gasteiger partial charge in [-0.15, -0.1) is 0 Å². The molecule has 0 N–H and O–H groups in total. The molecule has 2 atom stereocenters. The number of fused-ring (bicyclic) bond motifs is 6. The number of rotatable bonds is 5. The average Bonchev–Trinajstić information content (AvgIpc) is 3.71. The minimum Gasteiger partial charge on any atom is -0.309 e. The molecule has 2 aliphatic rings. The summed E-state index contributed by atoms with van der Waals surface area (Å²) in [4.78, 5) is 12.3. The third kappa shape index (κ3) is 4.61. The van der Waals surface area contributed by atoms with Crippen LogP contribution in [-0.2, 0) is 0 Å². The van der Waals surface area contributed by atoms with Crippen LogP contribution in [0.4, 0.5) is 11.6 Å². The summed E-state index contributed by atoms with van der Waals surface area (Å²) in [6.45, 7) is 0. The van der Waals surface area contributed by atoms with Gasteiger partial charge in [-0.1, -0.05) is 127 Å². The Labute approximate surface area is 290 Å². The fourth-order valence-corrected chi connectivity index (χ4v) is 7.85. The van der Waals surface area contributed by atoms with E-state index in [0.29, 0.717) is 5.95 Å². The number of hydrogen-bond acceptors (Lipinski definition) is 3. The van der Waals surface area contributed by atoms with Gasteiger partial charge in [0.05, 0.1) is 22.8 Å². The molecular weight excluding hydrogens is 609 g/mol. The summed E-state index contributed by atoms with van der Waals surface area (Å²) in [7, 11) is 0. The summed E-state index contributed by atoms with van der Waals surface area (Å²) in [6, 6.07) is 54.3. The van der Waals surface area contributed by atoms with Crippen molar-refractivity contribution in [1.82, 2.24) is 14.5 Å². The minimum atomic E-state index is 0.104. The van der Waals surface area contributed by atoms with Gasteiger partial charge in [0.25, 0.3) is 0 Å². The molecule has 10 rings (SSSR count). The van der Waals surface area contributed by atoms with Gasteiger partial charge in [-0.05, 0) is 76.3 Å². The molecule has 0 radical (unpaired) electrons. The summed E-state index contributed by atoms with van der Waals surface area (Å²) in [5, 5.41) is 2.51. The van der Waals surface area contributed by atoms with Crippen molar-refractivity contribution >= 4 is 33.4 Å². The van der Waals surface area contributed by atoms with E-state index in [9.17, 15) is 0 Å². The van der Waals surface area contributed by atoms with Crippen LogP contribution in [0, 0.1) is 0 Å². The number of hydrogen-bond donors (Lipinski definition) is 0. The van der Waals surface area contributed by atoms with Crippen LogP contribution in [0.15, 0.2) is 182 Å². The second-order valence-corrected chi connectivity index (χ2v) is 13.0. The lowest BCUT2D eigenvalue weighted by Crippen LogP contribution is -2.30. The quantitative estimate of drug-likeness (QED) is 0.188. The number of aromatic nitrogens is 3. The van der Waals surface area contributed by atoms with Crippen molar-refractivity contribution in [1.29, 1.82) is 0 Å². The van der Waals surface area contributed by atoms with Crippen LogP contribution in [0.1, 0.15) is 11.5 Å². The van der Waals surface area contributed by atoms with Crippen molar-refractivity contribution in [3.8, 4) is 39.2 Å². The predicted octanol–water partition coefficient (Wildman–Crippen LogP) is 11.3. The number of benzene rings is 6. The molecule has 0 fully saturated rings. The number of para-hydroxylation sites is 2. The van der Waals surface area contributed by atoms with Crippen molar-refractivity contribution in [2.24, 2.45) is 0 Å². The lowest BCUT2D eigenvalue weighted by molar-refractivity contribution is 0.730. The normalized spacial score (nSPS) is 16.2. The molecule has 0 saturated carbocycles. The molecule has 2 unspecified atom stereocenters. The Bertz CT molecular complexity index is 2600. The standard InChI is InChI=1S/C46H32N4/c1-3-11-31(12-4-1)32-19-21-33(22-20-32)41-27-28-47-46(48-41)50-43-18-10-8-16-38(43)40-30-35(24-26-45(40)50)34-23-25-44-39(29-34)37-15-7-9-17-42(37)49(44)36-13-5-2-6-14-36/h1-30,38,43H. The maximum atomic E-state index is 5.14. The van der Waals surface area contributed by atoms with Crippen molar-refractivity contribution < 1.29 is 0 Å². The summed E-state index contributed by atoms with van der Waals surface area (Å²) in [5.74, 6) is 0.919. The minimum absolute atomic E-state index is 0.104. The van der Waals surface area contributed by atoms with Gasteiger partial charge >= 0.3 is 0 Å². The zero-order valence-corrected chi connectivity index (χ0v) is 27.3. The topological polar surface area (TPSA) is 34.0 Å². The van der Waals surface area contributed by atoms with Crippen LogP contribution in [0.2, 0.25) is 0 Å². The zero-order valence-electron chi connectivity index (χ0n) is 27.3. The summed E-state index contributed by atoms with van der Waals surface area (Å²) >= 11 is 0. The summed E-state index contributed by atoms with van der Waals surface area (Å²) in [6.07, 6.45) is 10.8. The molecule has 0 saturated heterocycles. The Morgan fingerprint density at radius 1 is 0.500 bits per heavy atom. The number of anilines is 2. The molecule has 4 heteroatoms. The van der Waals surface area contributed by atoms with Crippen LogP contribution in [0.5, 0.6) is 0 Å². The van der Waals surface area contributed by atoms with Crippen LogP contribution < -0.4 is 4.90 Å². The molecule has 4 nitrogen and oxygen atoms in total. The van der Waals surface area contributed by atoms with Gasteiger partial charge in [-0.3, -0.25) is 0 Å². The van der Waals surface area contributed by atoms with Gasteiger partial charge in [0.15, 0.2) is 0 Å². The van der Waals surface area contributed by atoms with E-state index in [2.05, 4.69) is 173 Å². The Morgan fingerprint density at radius 2 is 1.16 bits per heavy atom. The largest absolute Gasteiger partial charge is 0.309 e. The van der Waals surface area contributed by atoms with Gasteiger partial charge in [-0.2, -0.15) is 0 Å². The fraction of sp³-hybridized carbons (Fsp3) is 0.0435. The second kappa shape index (κ2) is 11.6. The van der Waals surface area contributed by atoms with Crippen LogP contribution in [-0.4, -0.2) is 20.6 Å². The number of allylic oxidation sites excluding steroid dienone is 2. The first-order valence-electron chi connectivity index (χ1n) is 17.2. The maximum Gasteiger partial charge on any atom is 0.231 e. The van der Waals surface area contributed by atoms with E-state index in [1.165, 1.54) is 55.3 Å². The van der Waals surface area contributed by atoms with Crippen molar-refractivity contribution in [2.45, 2.75) is 12.0 Å². The Hall–Kier alpha value is -6.52. The highest BCUT2D eigenvalue weighted by atomic mass is 15.3. The first-order valence-corrected chi connectivity index (χ1v) is 17.2. The molecule has 1 aliphatic heterocycles. The highest BCUT2D eigenvalue weighted by Crippen LogP contribution is 2.48. The van der Waals surface area contributed by atoms with Gasteiger partial charge in [0.2, 0.25) is 5.95 Å². The first kappa shape index (κ1) is 28.5. The molecule has 3 heterocycles. The van der Waals surface area contributed by atoms with Crippen molar-refractivity contribution in [3.05, 3.63) is 188 Å². The zero-order chi connectivity index (χ0) is 33.0. The van der Waals surface area contributed by atoms with E-state index in [1.807, 2.05) is 18.3 Å². The van der Waals surface area contributed by atoms with E-state index in [0.717, 1.165) is 16.9 Å².